The zero-order valence-electron chi connectivity index (χ0n) is 11.5. The van der Waals surface area contributed by atoms with Gasteiger partial charge in [-0.05, 0) is 31.5 Å². The highest BCUT2D eigenvalue weighted by Crippen LogP contribution is 2.31. The molecule has 3 nitrogen and oxygen atoms in total. The number of nitrogens with one attached hydrogen (secondary N) is 1. The maximum Gasteiger partial charge on any atom is 0.416 e. The van der Waals surface area contributed by atoms with Gasteiger partial charge in [-0.25, -0.2) is 0 Å². The molecule has 0 aromatic heterocycles. The average molecular weight is 289 g/mol. The van der Waals surface area contributed by atoms with Crippen molar-refractivity contribution in [2.75, 3.05) is 6.61 Å². The molecular weight excluding hydrogens is 271 g/mol. The summed E-state index contributed by atoms with van der Waals surface area (Å²) in [6.07, 6.45) is -2.64. The second-order valence-corrected chi connectivity index (χ2v) is 4.57. The van der Waals surface area contributed by atoms with Crippen LogP contribution in [0.3, 0.4) is 0 Å². The summed E-state index contributed by atoms with van der Waals surface area (Å²) in [4.78, 5) is 11.5. The second kappa shape index (κ2) is 7.17. The molecule has 1 rings (SSSR count). The number of benzene rings is 1. The third-order valence-corrected chi connectivity index (χ3v) is 2.66. The summed E-state index contributed by atoms with van der Waals surface area (Å²) in [6.45, 7) is 3.57. The van der Waals surface area contributed by atoms with Crippen molar-refractivity contribution < 1.29 is 22.7 Å². The molecule has 0 fully saturated rings. The fourth-order valence-electron chi connectivity index (χ4n) is 1.73. The number of alkyl halides is 3. The Morgan fingerprint density at radius 3 is 2.70 bits per heavy atom. The maximum absolute atomic E-state index is 12.5. The molecule has 1 N–H and O–H groups in total. The number of amides is 1. The Labute approximate surface area is 116 Å². The van der Waals surface area contributed by atoms with Crippen molar-refractivity contribution in [3.05, 3.63) is 29.8 Å². The van der Waals surface area contributed by atoms with Gasteiger partial charge in [-0.2, -0.15) is 13.2 Å². The van der Waals surface area contributed by atoms with Crippen LogP contribution >= 0.6 is 0 Å². The van der Waals surface area contributed by atoms with Crippen molar-refractivity contribution in [3.63, 3.8) is 0 Å². The molecule has 0 saturated carbocycles. The minimum atomic E-state index is -4.42. The summed E-state index contributed by atoms with van der Waals surface area (Å²) in [5.41, 5.74) is -0.797. The van der Waals surface area contributed by atoms with Crippen LogP contribution in [0.5, 0.6) is 5.75 Å². The minimum Gasteiger partial charge on any atom is -0.484 e. The smallest absolute Gasteiger partial charge is 0.416 e. The first kappa shape index (κ1) is 16.3. The summed E-state index contributed by atoms with van der Waals surface area (Å²) in [7, 11) is 0. The molecule has 1 aromatic carbocycles. The molecule has 20 heavy (non-hydrogen) atoms. The SMILES string of the molecule is CCC[C@@H](C)NC(=O)COc1cccc(C(F)(F)F)c1. The molecule has 112 valence electrons. The molecule has 0 aliphatic heterocycles. The van der Waals surface area contributed by atoms with Crippen molar-refractivity contribution in [1.29, 1.82) is 0 Å². The molecule has 1 amide bonds. The van der Waals surface area contributed by atoms with Crippen LogP contribution in [-0.4, -0.2) is 18.6 Å². The number of hydrogen-bond donors (Lipinski definition) is 1. The summed E-state index contributed by atoms with van der Waals surface area (Å²) in [6, 6.07) is 4.49. The van der Waals surface area contributed by atoms with Gasteiger partial charge in [0.15, 0.2) is 6.61 Å². The highest BCUT2D eigenvalue weighted by Gasteiger charge is 2.30. The molecule has 0 saturated heterocycles. The van der Waals surface area contributed by atoms with E-state index in [1.54, 1.807) is 0 Å². The van der Waals surface area contributed by atoms with Gasteiger partial charge in [0.1, 0.15) is 5.75 Å². The standard InChI is InChI=1S/C14H18F3NO2/c1-3-5-10(2)18-13(19)9-20-12-7-4-6-11(8-12)14(15,16)17/h4,6-8,10H,3,5,9H2,1-2H3,(H,18,19)/t10-/m1/s1. The molecular formula is C14H18F3NO2. The quantitative estimate of drug-likeness (QED) is 0.871. The van der Waals surface area contributed by atoms with E-state index >= 15 is 0 Å². The first-order valence-electron chi connectivity index (χ1n) is 6.42. The topological polar surface area (TPSA) is 38.3 Å². The normalized spacial score (nSPS) is 12.8. The second-order valence-electron chi connectivity index (χ2n) is 4.57. The zero-order valence-corrected chi connectivity index (χ0v) is 11.5. The van der Waals surface area contributed by atoms with E-state index in [2.05, 4.69) is 5.32 Å². The minimum absolute atomic E-state index is 0.0256. The molecule has 1 aromatic rings. The largest absolute Gasteiger partial charge is 0.484 e. The predicted octanol–water partition coefficient (Wildman–Crippen LogP) is 3.39. The van der Waals surface area contributed by atoms with E-state index < -0.39 is 11.7 Å². The average Bonchev–Trinajstić information content (AvgIpc) is 2.36. The van der Waals surface area contributed by atoms with E-state index in [4.69, 9.17) is 4.74 Å². The van der Waals surface area contributed by atoms with Gasteiger partial charge in [-0.15, -0.1) is 0 Å². The van der Waals surface area contributed by atoms with E-state index in [9.17, 15) is 18.0 Å². The van der Waals surface area contributed by atoms with Crippen molar-refractivity contribution in [1.82, 2.24) is 5.32 Å². The van der Waals surface area contributed by atoms with Gasteiger partial charge in [0.05, 0.1) is 5.56 Å². The Morgan fingerprint density at radius 1 is 1.40 bits per heavy atom. The third kappa shape index (κ3) is 5.50. The Kier molecular flexibility index (Phi) is 5.85. The number of rotatable bonds is 6. The van der Waals surface area contributed by atoms with Gasteiger partial charge in [-0.1, -0.05) is 19.4 Å². The van der Waals surface area contributed by atoms with Crippen LogP contribution in [0.4, 0.5) is 13.2 Å². The van der Waals surface area contributed by atoms with E-state index in [-0.39, 0.29) is 24.3 Å². The van der Waals surface area contributed by atoms with Crippen LogP contribution in [0.15, 0.2) is 24.3 Å². The monoisotopic (exact) mass is 289 g/mol. The summed E-state index contributed by atoms with van der Waals surface area (Å²) < 4.78 is 42.5. The lowest BCUT2D eigenvalue weighted by Crippen LogP contribution is -2.35. The lowest BCUT2D eigenvalue weighted by Gasteiger charge is -2.14. The van der Waals surface area contributed by atoms with Gasteiger partial charge in [0.25, 0.3) is 5.91 Å². The van der Waals surface area contributed by atoms with Crippen LogP contribution in [-0.2, 0) is 11.0 Å². The zero-order chi connectivity index (χ0) is 15.2. The van der Waals surface area contributed by atoms with Gasteiger partial charge in [0.2, 0.25) is 0 Å². The van der Waals surface area contributed by atoms with Crippen molar-refractivity contribution in [2.45, 2.75) is 38.9 Å². The van der Waals surface area contributed by atoms with Gasteiger partial charge in [0, 0.05) is 6.04 Å². The molecule has 0 unspecified atom stereocenters. The fraction of sp³-hybridized carbons (Fsp3) is 0.500. The maximum atomic E-state index is 12.5. The Bertz CT molecular complexity index is 446. The number of carbonyl (C=O) groups is 1. The third-order valence-electron chi connectivity index (χ3n) is 2.66. The van der Waals surface area contributed by atoms with E-state index in [0.717, 1.165) is 25.0 Å². The van der Waals surface area contributed by atoms with Crippen molar-refractivity contribution in [2.24, 2.45) is 0 Å². The number of ether oxygens (including phenoxy) is 1. The lowest BCUT2D eigenvalue weighted by molar-refractivity contribution is -0.137. The molecule has 0 aliphatic rings. The molecule has 0 aliphatic carbocycles. The van der Waals surface area contributed by atoms with Crippen LogP contribution < -0.4 is 10.1 Å². The first-order chi connectivity index (χ1) is 9.32. The highest BCUT2D eigenvalue weighted by molar-refractivity contribution is 5.77. The number of hydrogen-bond acceptors (Lipinski definition) is 2. The Balaban J connectivity index is 2.52. The first-order valence-corrected chi connectivity index (χ1v) is 6.42. The fourth-order valence-corrected chi connectivity index (χ4v) is 1.73. The van der Waals surface area contributed by atoms with Gasteiger partial charge >= 0.3 is 6.18 Å². The van der Waals surface area contributed by atoms with E-state index in [0.29, 0.717) is 0 Å². The van der Waals surface area contributed by atoms with Gasteiger partial charge in [-0.3, -0.25) is 4.79 Å². The molecule has 0 bridgehead atoms. The van der Waals surface area contributed by atoms with Crippen LogP contribution in [0.1, 0.15) is 32.3 Å². The molecule has 1 atom stereocenters. The Hall–Kier alpha value is -1.72. The lowest BCUT2D eigenvalue weighted by atomic mass is 10.2. The van der Waals surface area contributed by atoms with E-state index in [1.807, 2.05) is 13.8 Å². The molecule has 0 radical (unpaired) electrons. The molecule has 6 heteroatoms. The summed E-state index contributed by atoms with van der Waals surface area (Å²) in [5.74, 6) is -0.318. The van der Waals surface area contributed by atoms with Crippen molar-refractivity contribution in [3.8, 4) is 5.75 Å². The molecule has 0 spiro atoms. The van der Waals surface area contributed by atoms with Crippen LogP contribution in [0.25, 0.3) is 0 Å². The summed E-state index contributed by atoms with van der Waals surface area (Å²) in [5, 5.41) is 2.71. The van der Waals surface area contributed by atoms with E-state index in [1.165, 1.54) is 12.1 Å². The van der Waals surface area contributed by atoms with Crippen LogP contribution in [0, 0.1) is 0 Å². The Morgan fingerprint density at radius 2 is 2.10 bits per heavy atom. The number of halogens is 3. The predicted molar refractivity (Wildman–Crippen MR) is 69.5 cm³/mol. The summed E-state index contributed by atoms with van der Waals surface area (Å²) >= 11 is 0. The molecule has 0 heterocycles. The van der Waals surface area contributed by atoms with Gasteiger partial charge < -0.3 is 10.1 Å². The highest BCUT2D eigenvalue weighted by atomic mass is 19.4. The van der Waals surface area contributed by atoms with Crippen molar-refractivity contribution >= 4 is 5.91 Å². The van der Waals surface area contributed by atoms with Crippen LogP contribution in [0.2, 0.25) is 0 Å². The number of carbonyl (C=O) groups excluding carboxylic acids is 1.